The number of alkyl halides is 2. The van der Waals surface area contributed by atoms with E-state index in [-0.39, 0.29) is 5.16 Å². The zero-order valence-corrected chi connectivity index (χ0v) is 16.1. The van der Waals surface area contributed by atoms with E-state index in [1.807, 2.05) is 12.1 Å². The van der Waals surface area contributed by atoms with Crippen LogP contribution < -0.4 is 4.74 Å². The van der Waals surface area contributed by atoms with E-state index in [9.17, 15) is 8.78 Å². The Hall–Kier alpha value is -2.68. The number of ether oxygens (including phenoxy) is 1. The van der Waals surface area contributed by atoms with E-state index in [1.54, 1.807) is 31.4 Å². The molecule has 1 aromatic carbocycles. The van der Waals surface area contributed by atoms with Crippen LogP contribution in [0.4, 0.5) is 8.78 Å². The van der Waals surface area contributed by atoms with E-state index in [2.05, 4.69) is 22.2 Å². The first-order valence-electron chi connectivity index (χ1n) is 8.74. The molecule has 28 heavy (non-hydrogen) atoms. The summed E-state index contributed by atoms with van der Waals surface area (Å²) in [5.41, 5.74) is 0.679. The molecule has 1 aliphatic carbocycles. The van der Waals surface area contributed by atoms with Gasteiger partial charge in [0.2, 0.25) is 5.16 Å². The number of rotatable bonds is 7. The third kappa shape index (κ3) is 3.94. The number of halogens is 2. The minimum absolute atomic E-state index is 0.000312. The summed E-state index contributed by atoms with van der Waals surface area (Å²) >= 11 is 0.291. The van der Waals surface area contributed by atoms with Crippen molar-refractivity contribution in [1.29, 1.82) is 0 Å². The van der Waals surface area contributed by atoms with Gasteiger partial charge in [0, 0.05) is 11.5 Å². The van der Waals surface area contributed by atoms with E-state index >= 15 is 0 Å². The summed E-state index contributed by atoms with van der Waals surface area (Å²) in [6, 6.07) is 10.8. The molecule has 146 valence electrons. The fourth-order valence-corrected chi connectivity index (χ4v) is 3.39. The fourth-order valence-electron chi connectivity index (χ4n) is 2.91. The maximum Gasteiger partial charge on any atom is 0.291 e. The van der Waals surface area contributed by atoms with E-state index in [0.29, 0.717) is 46.5 Å². The quantitative estimate of drug-likeness (QED) is 0.415. The minimum atomic E-state index is -2.63. The smallest absolute Gasteiger partial charge is 0.291 e. The van der Waals surface area contributed by atoms with Crippen LogP contribution in [0.3, 0.4) is 0 Å². The highest BCUT2D eigenvalue weighted by atomic mass is 32.2. The maximum absolute atomic E-state index is 12.9. The van der Waals surface area contributed by atoms with Gasteiger partial charge < -0.3 is 9.15 Å². The standard InChI is InChI=1S/C19H18F2N4O2S/c1-11-9-15(11)16-8-7-14(27-16)10-22-25-17(23-24-19(25)28-18(20)21)12-3-5-13(26-2)6-4-12/h3-8,10-11,15,18H,9H2,1-2H3/b22-10-/t11-,15+/m0/s1. The van der Waals surface area contributed by atoms with Gasteiger partial charge in [0.25, 0.3) is 5.76 Å². The Balaban J connectivity index is 1.64. The molecule has 3 aromatic rings. The van der Waals surface area contributed by atoms with Gasteiger partial charge in [-0.1, -0.05) is 6.92 Å². The normalized spacial score (nSPS) is 18.9. The van der Waals surface area contributed by atoms with Crippen LogP contribution in [0.25, 0.3) is 11.4 Å². The average Bonchev–Trinajstić information content (AvgIpc) is 3.07. The molecule has 2 atom stereocenters. The molecule has 0 radical (unpaired) electrons. The lowest BCUT2D eigenvalue weighted by Crippen LogP contribution is -1.98. The average molecular weight is 404 g/mol. The molecule has 1 saturated carbocycles. The van der Waals surface area contributed by atoms with Gasteiger partial charge in [0.05, 0.1) is 13.3 Å². The van der Waals surface area contributed by atoms with Crippen molar-refractivity contribution in [2.75, 3.05) is 7.11 Å². The first-order chi connectivity index (χ1) is 13.5. The van der Waals surface area contributed by atoms with Crippen LogP contribution in [0.1, 0.15) is 30.8 Å². The summed E-state index contributed by atoms with van der Waals surface area (Å²) in [5.74, 6) is 0.962. The van der Waals surface area contributed by atoms with Crippen LogP contribution in [0.15, 0.2) is 51.1 Å². The zero-order chi connectivity index (χ0) is 19.7. The van der Waals surface area contributed by atoms with Crippen LogP contribution in [0, 0.1) is 5.92 Å². The molecular formula is C19H18F2N4O2S. The van der Waals surface area contributed by atoms with Gasteiger partial charge >= 0.3 is 0 Å². The van der Waals surface area contributed by atoms with Crippen LogP contribution in [0.5, 0.6) is 5.75 Å². The number of hydrogen-bond donors (Lipinski definition) is 0. The van der Waals surface area contributed by atoms with Gasteiger partial charge in [-0.3, -0.25) is 0 Å². The molecule has 2 aromatic heterocycles. The Morgan fingerprint density at radius 3 is 2.64 bits per heavy atom. The Labute approximate surface area is 164 Å². The lowest BCUT2D eigenvalue weighted by Gasteiger charge is -2.05. The molecule has 0 bridgehead atoms. The molecule has 1 aliphatic rings. The molecule has 2 heterocycles. The number of benzene rings is 1. The van der Waals surface area contributed by atoms with E-state index in [4.69, 9.17) is 9.15 Å². The predicted octanol–water partition coefficient (Wildman–Crippen LogP) is 4.87. The number of methoxy groups -OCH3 is 1. The molecule has 0 spiro atoms. The minimum Gasteiger partial charge on any atom is -0.497 e. The van der Waals surface area contributed by atoms with Crippen LogP contribution in [-0.4, -0.2) is 34.0 Å². The van der Waals surface area contributed by atoms with E-state index < -0.39 is 5.76 Å². The Kier molecular flexibility index (Phi) is 5.17. The van der Waals surface area contributed by atoms with Crippen molar-refractivity contribution in [3.05, 3.63) is 47.9 Å². The third-order valence-corrected chi connectivity index (χ3v) is 5.22. The second kappa shape index (κ2) is 7.75. The molecule has 0 aliphatic heterocycles. The summed E-state index contributed by atoms with van der Waals surface area (Å²) < 4.78 is 38.0. The monoisotopic (exact) mass is 404 g/mol. The highest BCUT2D eigenvalue weighted by molar-refractivity contribution is 7.99. The number of nitrogens with zero attached hydrogens (tertiary/aromatic N) is 4. The Bertz CT molecular complexity index is 984. The van der Waals surface area contributed by atoms with Crippen LogP contribution in [0.2, 0.25) is 0 Å². The molecule has 0 saturated heterocycles. The van der Waals surface area contributed by atoms with E-state index in [0.717, 1.165) is 12.2 Å². The SMILES string of the molecule is COc1ccc(-c2nnc(SC(F)F)n2/N=C\c2ccc([C@@H]3C[C@@H]3C)o2)cc1. The number of thioether (sulfide) groups is 1. The van der Waals surface area contributed by atoms with Crippen LogP contribution >= 0.6 is 11.8 Å². The van der Waals surface area contributed by atoms with Crippen LogP contribution in [-0.2, 0) is 0 Å². The fraction of sp³-hybridized carbons (Fsp3) is 0.316. The molecule has 6 nitrogen and oxygen atoms in total. The van der Waals surface area contributed by atoms with Gasteiger partial charge in [-0.15, -0.1) is 10.2 Å². The van der Waals surface area contributed by atoms with Crippen molar-refractivity contribution in [1.82, 2.24) is 14.9 Å². The number of aromatic nitrogens is 3. The van der Waals surface area contributed by atoms with Gasteiger partial charge in [-0.25, -0.2) is 0 Å². The molecule has 0 N–H and O–H groups in total. The molecule has 9 heteroatoms. The van der Waals surface area contributed by atoms with Crippen molar-refractivity contribution < 1.29 is 17.9 Å². The topological polar surface area (TPSA) is 65.4 Å². The molecule has 4 rings (SSSR count). The van der Waals surface area contributed by atoms with Gasteiger partial charge in [-0.2, -0.15) is 18.6 Å². The lowest BCUT2D eigenvalue weighted by atomic mass is 10.2. The second-order valence-corrected chi connectivity index (χ2v) is 7.49. The second-order valence-electron chi connectivity index (χ2n) is 6.53. The predicted molar refractivity (Wildman–Crippen MR) is 102 cm³/mol. The molecule has 1 fully saturated rings. The van der Waals surface area contributed by atoms with Crippen molar-refractivity contribution >= 4 is 18.0 Å². The Morgan fingerprint density at radius 1 is 1.25 bits per heavy atom. The van der Waals surface area contributed by atoms with Crippen molar-refractivity contribution in [2.24, 2.45) is 11.0 Å². The zero-order valence-electron chi connectivity index (χ0n) is 15.3. The molecule has 0 amide bonds. The first-order valence-corrected chi connectivity index (χ1v) is 9.62. The van der Waals surface area contributed by atoms with Gasteiger partial charge in [-0.05, 0) is 60.5 Å². The van der Waals surface area contributed by atoms with E-state index in [1.165, 1.54) is 10.9 Å². The summed E-state index contributed by atoms with van der Waals surface area (Å²) in [4.78, 5) is 0. The highest BCUT2D eigenvalue weighted by Gasteiger charge is 2.36. The summed E-state index contributed by atoms with van der Waals surface area (Å²) in [6.45, 7) is 2.17. The van der Waals surface area contributed by atoms with Crippen molar-refractivity contribution in [2.45, 2.75) is 30.2 Å². The summed E-state index contributed by atoms with van der Waals surface area (Å²) in [5, 5.41) is 12.2. The maximum atomic E-state index is 12.9. The lowest BCUT2D eigenvalue weighted by molar-refractivity contribution is 0.251. The largest absolute Gasteiger partial charge is 0.497 e. The first kappa shape index (κ1) is 18.7. The van der Waals surface area contributed by atoms with Gasteiger partial charge in [0.15, 0.2) is 5.82 Å². The third-order valence-electron chi connectivity index (χ3n) is 4.58. The number of hydrogen-bond acceptors (Lipinski definition) is 6. The summed E-state index contributed by atoms with van der Waals surface area (Å²) in [7, 11) is 1.57. The highest BCUT2D eigenvalue weighted by Crippen LogP contribution is 2.47. The van der Waals surface area contributed by atoms with Gasteiger partial charge in [0.1, 0.15) is 17.3 Å². The van der Waals surface area contributed by atoms with Crippen molar-refractivity contribution in [3.8, 4) is 17.1 Å². The molecule has 0 unspecified atom stereocenters. The Morgan fingerprint density at radius 2 is 2.00 bits per heavy atom. The molecular weight excluding hydrogens is 386 g/mol. The van der Waals surface area contributed by atoms with Crippen molar-refractivity contribution in [3.63, 3.8) is 0 Å². The summed E-state index contributed by atoms with van der Waals surface area (Å²) in [6.07, 6.45) is 2.61. The number of furan rings is 1.